The topological polar surface area (TPSA) is 104 Å². The van der Waals surface area contributed by atoms with E-state index in [9.17, 15) is 4.79 Å². The van der Waals surface area contributed by atoms with Crippen LogP contribution in [0.1, 0.15) is 16.1 Å². The average Bonchev–Trinajstić information content (AvgIpc) is 3.32. The smallest absolute Gasteiger partial charge is 0.259 e. The Bertz CT molecular complexity index is 1190. The van der Waals surface area contributed by atoms with Crippen LogP contribution < -0.4 is 14.8 Å². The SMILES string of the molecule is COc1cc(NC(=O)c2cc(-c3cnn(C)c3)nc3onc(C)c23)cc(OC)c1. The van der Waals surface area contributed by atoms with Crippen molar-refractivity contribution in [3.63, 3.8) is 0 Å². The van der Waals surface area contributed by atoms with Gasteiger partial charge in [0.25, 0.3) is 11.6 Å². The lowest BCUT2D eigenvalue weighted by atomic mass is 10.1. The predicted molar refractivity (Wildman–Crippen MR) is 106 cm³/mol. The second-order valence-corrected chi connectivity index (χ2v) is 6.46. The Balaban J connectivity index is 1.78. The van der Waals surface area contributed by atoms with Gasteiger partial charge in [-0.1, -0.05) is 5.16 Å². The molecule has 0 saturated heterocycles. The summed E-state index contributed by atoms with van der Waals surface area (Å²) in [5, 5.41) is 11.6. The monoisotopic (exact) mass is 393 g/mol. The fourth-order valence-electron chi connectivity index (χ4n) is 3.05. The van der Waals surface area contributed by atoms with E-state index in [1.165, 1.54) is 0 Å². The van der Waals surface area contributed by atoms with Gasteiger partial charge in [-0.2, -0.15) is 5.10 Å². The number of hydrogen-bond donors (Lipinski definition) is 1. The highest BCUT2D eigenvalue weighted by atomic mass is 16.5. The number of benzene rings is 1. The molecule has 29 heavy (non-hydrogen) atoms. The highest BCUT2D eigenvalue weighted by Crippen LogP contribution is 2.29. The van der Waals surface area contributed by atoms with Crippen molar-refractivity contribution in [2.75, 3.05) is 19.5 Å². The van der Waals surface area contributed by atoms with Crippen LogP contribution >= 0.6 is 0 Å². The van der Waals surface area contributed by atoms with Gasteiger partial charge in [-0.05, 0) is 13.0 Å². The van der Waals surface area contributed by atoms with E-state index in [0.717, 1.165) is 5.56 Å². The Kier molecular flexibility index (Phi) is 4.63. The fourth-order valence-corrected chi connectivity index (χ4v) is 3.05. The minimum atomic E-state index is -0.329. The number of carbonyl (C=O) groups excluding carboxylic acids is 1. The molecule has 3 aromatic heterocycles. The lowest BCUT2D eigenvalue weighted by molar-refractivity contribution is 0.102. The van der Waals surface area contributed by atoms with Crippen molar-refractivity contribution in [3.8, 4) is 22.8 Å². The molecule has 0 spiro atoms. The summed E-state index contributed by atoms with van der Waals surface area (Å²) in [5.74, 6) is 0.803. The molecule has 4 aromatic rings. The van der Waals surface area contributed by atoms with Crippen LogP contribution in [0.15, 0.2) is 41.2 Å². The van der Waals surface area contributed by atoms with Crippen molar-refractivity contribution in [2.24, 2.45) is 7.05 Å². The maximum absolute atomic E-state index is 13.2. The molecule has 1 aromatic carbocycles. The van der Waals surface area contributed by atoms with Gasteiger partial charge < -0.3 is 19.3 Å². The predicted octanol–water partition coefficient (Wildman–Crippen LogP) is 3.20. The summed E-state index contributed by atoms with van der Waals surface area (Å²) in [6.45, 7) is 1.77. The number of nitrogens with zero attached hydrogens (tertiary/aromatic N) is 4. The molecule has 9 nitrogen and oxygen atoms in total. The van der Waals surface area contributed by atoms with Gasteiger partial charge in [0.15, 0.2) is 0 Å². The third kappa shape index (κ3) is 3.49. The number of methoxy groups -OCH3 is 2. The van der Waals surface area contributed by atoms with Crippen LogP contribution in [0.2, 0.25) is 0 Å². The van der Waals surface area contributed by atoms with Crippen molar-refractivity contribution < 1.29 is 18.8 Å². The summed E-state index contributed by atoms with van der Waals surface area (Å²) in [4.78, 5) is 17.6. The van der Waals surface area contributed by atoms with Gasteiger partial charge in [0.2, 0.25) is 0 Å². The van der Waals surface area contributed by atoms with Crippen LogP contribution in [0.4, 0.5) is 5.69 Å². The molecular formula is C20H19N5O4. The Morgan fingerprint density at radius 1 is 1.14 bits per heavy atom. The van der Waals surface area contributed by atoms with Crippen LogP contribution in [0.3, 0.4) is 0 Å². The first kappa shape index (κ1) is 18.5. The molecule has 9 heteroatoms. The molecule has 3 heterocycles. The Labute approximate surface area is 166 Å². The number of carbonyl (C=O) groups is 1. The van der Waals surface area contributed by atoms with Crippen LogP contribution in [0.5, 0.6) is 11.5 Å². The number of rotatable bonds is 5. The maximum Gasteiger partial charge on any atom is 0.259 e. The molecule has 0 fully saturated rings. The first-order valence-corrected chi connectivity index (χ1v) is 8.79. The molecule has 0 atom stereocenters. The van der Waals surface area contributed by atoms with Crippen LogP contribution in [-0.4, -0.2) is 40.0 Å². The Morgan fingerprint density at radius 2 is 1.86 bits per heavy atom. The number of ether oxygens (including phenoxy) is 2. The number of aryl methyl sites for hydroxylation is 2. The number of anilines is 1. The number of aromatic nitrogens is 4. The van der Waals surface area contributed by atoms with Crippen molar-refractivity contribution in [1.82, 2.24) is 19.9 Å². The van der Waals surface area contributed by atoms with E-state index in [4.69, 9.17) is 14.0 Å². The summed E-state index contributed by atoms with van der Waals surface area (Å²) in [6, 6.07) is 6.85. The number of hydrogen-bond acceptors (Lipinski definition) is 7. The van der Waals surface area contributed by atoms with Gasteiger partial charge in [0.05, 0.1) is 42.8 Å². The molecule has 1 N–H and O–H groups in total. The van der Waals surface area contributed by atoms with Crippen molar-refractivity contribution in [1.29, 1.82) is 0 Å². The van der Waals surface area contributed by atoms with E-state index < -0.39 is 0 Å². The summed E-state index contributed by atoms with van der Waals surface area (Å²) in [6.07, 6.45) is 3.48. The van der Waals surface area contributed by atoms with Gasteiger partial charge in [0, 0.05) is 42.7 Å². The molecule has 148 valence electrons. The van der Waals surface area contributed by atoms with E-state index >= 15 is 0 Å². The van der Waals surface area contributed by atoms with Crippen molar-refractivity contribution in [3.05, 3.63) is 47.9 Å². The van der Waals surface area contributed by atoms with Crippen LogP contribution in [0.25, 0.3) is 22.4 Å². The second-order valence-electron chi connectivity index (χ2n) is 6.46. The van der Waals surface area contributed by atoms with Gasteiger partial charge in [-0.25, -0.2) is 4.98 Å². The zero-order chi connectivity index (χ0) is 20.5. The molecule has 0 bridgehead atoms. The maximum atomic E-state index is 13.2. The van der Waals surface area contributed by atoms with Gasteiger partial charge in [0.1, 0.15) is 11.5 Å². The summed E-state index contributed by atoms with van der Waals surface area (Å²) < 4.78 is 17.5. The minimum absolute atomic E-state index is 0.289. The van der Waals surface area contributed by atoms with Crippen LogP contribution in [0, 0.1) is 6.92 Å². The second kappa shape index (κ2) is 7.27. The molecule has 1 amide bonds. The number of pyridine rings is 1. The third-order valence-electron chi connectivity index (χ3n) is 4.47. The first-order valence-electron chi connectivity index (χ1n) is 8.79. The highest BCUT2D eigenvalue weighted by molar-refractivity contribution is 6.13. The summed E-state index contributed by atoms with van der Waals surface area (Å²) in [5.41, 5.74) is 3.13. The molecule has 0 saturated carbocycles. The van der Waals surface area contributed by atoms with E-state index in [-0.39, 0.29) is 11.6 Å². The standard InChI is InChI=1S/C20H19N5O4/c1-11-18-16(19(26)22-13-5-14(27-3)7-15(6-13)28-4)8-17(23-20(18)29-24-11)12-9-21-25(2)10-12/h5-10H,1-4H3,(H,22,26). The fraction of sp³-hybridized carbons (Fsp3) is 0.200. The normalized spacial score (nSPS) is 10.9. The Hall–Kier alpha value is -3.88. The third-order valence-corrected chi connectivity index (χ3v) is 4.47. The van der Waals surface area contributed by atoms with Gasteiger partial charge >= 0.3 is 0 Å². The molecule has 0 radical (unpaired) electrons. The molecule has 0 aliphatic carbocycles. The molecule has 0 unspecified atom stereocenters. The molecule has 4 rings (SSSR count). The highest BCUT2D eigenvalue weighted by Gasteiger charge is 2.20. The Morgan fingerprint density at radius 3 is 2.48 bits per heavy atom. The van der Waals surface area contributed by atoms with Crippen molar-refractivity contribution in [2.45, 2.75) is 6.92 Å². The summed E-state index contributed by atoms with van der Waals surface area (Å²) >= 11 is 0. The summed E-state index contributed by atoms with van der Waals surface area (Å²) in [7, 11) is 4.91. The average molecular weight is 393 g/mol. The number of amides is 1. The quantitative estimate of drug-likeness (QED) is 0.555. The van der Waals surface area contributed by atoms with Gasteiger partial charge in [-0.15, -0.1) is 0 Å². The van der Waals surface area contributed by atoms with E-state index in [1.807, 2.05) is 13.2 Å². The zero-order valence-corrected chi connectivity index (χ0v) is 16.4. The van der Waals surface area contributed by atoms with E-state index in [1.54, 1.807) is 56.3 Å². The van der Waals surface area contributed by atoms with E-state index in [0.29, 0.717) is 39.5 Å². The zero-order valence-electron chi connectivity index (χ0n) is 16.4. The first-order chi connectivity index (χ1) is 14.0. The minimum Gasteiger partial charge on any atom is -0.497 e. The lowest BCUT2D eigenvalue weighted by Gasteiger charge is -2.11. The van der Waals surface area contributed by atoms with E-state index in [2.05, 4.69) is 20.6 Å². The van der Waals surface area contributed by atoms with Gasteiger partial charge in [-0.3, -0.25) is 9.48 Å². The number of nitrogens with one attached hydrogen (secondary N) is 1. The largest absolute Gasteiger partial charge is 0.497 e. The molecular weight excluding hydrogens is 374 g/mol. The molecule has 0 aliphatic rings. The van der Waals surface area contributed by atoms with Crippen LogP contribution in [-0.2, 0) is 7.05 Å². The number of fused-ring (bicyclic) bond motifs is 1. The van der Waals surface area contributed by atoms with Crippen molar-refractivity contribution >= 4 is 22.7 Å². The lowest BCUT2D eigenvalue weighted by Crippen LogP contribution is -2.13. The molecule has 0 aliphatic heterocycles.